The number of carbonyl (C=O) groups is 4. The van der Waals surface area contributed by atoms with Gasteiger partial charge in [0.1, 0.15) is 23.7 Å². The van der Waals surface area contributed by atoms with Crippen molar-refractivity contribution in [2.75, 3.05) is 27.3 Å². The molecule has 3 fully saturated rings. The summed E-state index contributed by atoms with van der Waals surface area (Å²) >= 11 is 0. The topological polar surface area (TPSA) is 188 Å². The molecule has 2 aliphatic heterocycles. The molecule has 0 radical (unpaired) electrons. The Bertz CT molecular complexity index is 2300. The van der Waals surface area contributed by atoms with E-state index in [1.165, 1.54) is 14.2 Å². The summed E-state index contributed by atoms with van der Waals surface area (Å²) in [5.74, 6) is 1.29. The average molecular weight is 776 g/mol. The molecule has 1 saturated carbocycles. The van der Waals surface area contributed by atoms with Crippen LogP contribution in [0.25, 0.3) is 44.5 Å². The van der Waals surface area contributed by atoms with Gasteiger partial charge in [0.15, 0.2) is 0 Å². The molecule has 1 aliphatic carbocycles. The number of aromatic nitrogens is 5. The maximum atomic E-state index is 14.1. The van der Waals surface area contributed by atoms with E-state index in [1.807, 2.05) is 35.2 Å². The summed E-state index contributed by atoms with van der Waals surface area (Å²) in [5.41, 5.74) is 6.06. The maximum Gasteiger partial charge on any atom is 0.407 e. The number of pyridine rings is 1. The molecule has 15 heteroatoms. The third-order valence-corrected chi connectivity index (χ3v) is 11.8. The Labute approximate surface area is 330 Å². The number of H-pyrrole nitrogens is 2. The monoisotopic (exact) mass is 775 g/mol. The molecule has 4 atom stereocenters. The van der Waals surface area contributed by atoms with E-state index in [9.17, 15) is 19.2 Å². The lowest BCUT2D eigenvalue weighted by Gasteiger charge is -2.34. The summed E-state index contributed by atoms with van der Waals surface area (Å²) in [6.07, 6.45) is 8.90. The molecule has 5 aromatic rings. The Morgan fingerprint density at radius 3 is 2.16 bits per heavy atom. The molecule has 4 unspecified atom stereocenters. The Kier molecular flexibility index (Phi) is 10.8. The van der Waals surface area contributed by atoms with Crippen molar-refractivity contribution in [1.82, 2.24) is 45.4 Å². The number of ether oxygens (including phenoxy) is 2. The van der Waals surface area contributed by atoms with Gasteiger partial charge in [-0.2, -0.15) is 0 Å². The molecule has 0 spiro atoms. The predicted molar refractivity (Wildman–Crippen MR) is 213 cm³/mol. The molecule has 2 aromatic carbocycles. The van der Waals surface area contributed by atoms with Gasteiger partial charge >= 0.3 is 12.2 Å². The molecule has 2 saturated heterocycles. The minimum absolute atomic E-state index is 0.0686. The number of fused-ring (bicyclic) bond motifs is 2. The van der Waals surface area contributed by atoms with E-state index in [-0.39, 0.29) is 29.8 Å². The first-order valence-electron chi connectivity index (χ1n) is 20.0. The Morgan fingerprint density at radius 1 is 0.719 bits per heavy atom. The zero-order chi connectivity index (χ0) is 39.6. The third kappa shape index (κ3) is 7.74. The number of aromatic amines is 2. The van der Waals surface area contributed by atoms with Gasteiger partial charge in [0.05, 0.1) is 60.4 Å². The fraction of sp³-hybridized carbons (Fsp3) is 0.452. The van der Waals surface area contributed by atoms with Crippen LogP contribution in [0.1, 0.15) is 88.4 Å². The van der Waals surface area contributed by atoms with E-state index >= 15 is 0 Å². The molecule has 3 aliphatic rings. The van der Waals surface area contributed by atoms with Gasteiger partial charge in [0, 0.05) is 29.6 Å². The number of hydrogen-bond acceptors (Lipinski definition) is 9. The number of alkyl carbamates (subject to hydrolysis) is 2. The first-order chi connectivity index (χ1) is 27.7. The van der Waals surface area contributed by atoms with Crippen LogP contribution in [0.3, 0.4) is 0 Å². The number of methoxy groups -OCH3 is 2. The Balaban J connectivity index is 0.978. The molecule has 4 N–H and O–H groups in total. The van der Waals surface area contributed by atoms with Crippen molar-refractivity contribution in [1.29, 1.82) is 0 Å². The van der Waals surface area contributed by atoms with Crippen molar-refractivity contribution in [2.24, 2.45) is 5.92 Å². The van der Waals surface area contributed by atoms with Gasteiger partial charge in [-0.15, -0.1) is 0 Å². The van der Waals surface area contributed by atoms with Crippen molar-refractivity contribution in [3.63, 3.8) is 0 Å². The third-order valence-electron chi connectivity index (χ3n) is 11.8. The number of carbonyl (C=O) groups excluding carboxylic acids is 4. The highest BCUT2D eigenvalue weighted by atomic mass is 16.5. The zero-order valence-electron chi connectivity index (χ0n) is 32.5. The minimum Gasteiger partial charge on any atom is -0.453 e. The van der Waals surface area contributed by atoms with Gasteiger partial charge in [-0.25, -0.2) is 24.5 Å². The standard InChI is InChI=1S/C42H49N9O6/c1-24(44-41(54)56-2)39(52)50-19-7-11-34(50)37-43-23-33(48-37)27-14-17-29-26(21-27)13-16-30(45-29)28-15-18-31-32(22-28)47-38(46-31)35-12-8-20-51(35)40(53)36(49-42(55)57-3)25-9-5-4-6-10-25/h13-18,21-25,34-36H,4-12,19-20H2,1-3H3,(H,43,48)(H,44,54)(H,46,47)(H,49,55). The number of nitrogens with one attached hydrogen (secondary N) is 4. The summed E-state index contributed by atoms with van der Waals surface area (Å²) in [5, 5.41) is 6.40. The van der Waals surface area contributed by atoms with Crippen LogP contribution in [-0.2, 0) is 19.1 Å². The zero-order valence-corrected chi connectivity index (χ0v) is 32.5. The molecule has 57 heavy (non-hydrogen) atoms. The van der Waals surface area contributed by atoms with Crippen molar-refractivity contribution < 1.29 is 28.7 Å². The van der Waals surface area contributed by atoms with Crippen LogP contribution >= 0.6 is 0 Å². The highest BCUT2D eigenvalue weighted by molar-refractivity contribution is 5.89. The summed E-state index contributed by atoms with van der Waals surface area (Å²) < 4.78 is 9.56. The van der Waals surface area contributed by atoms with Crippen molar-refractivity contribution >= 4 is 45.9 Å². The van der Waals surface area contributed by atoms with Gasteiger partial charge in [0.25, 0.3) is 0 Å². The first-order valence-corrected chi connectivity index (χ1v) is 20.0. The number of nitrogens with zero attached hydrogens (tertiary/aromatic N) is 5. The lowest BCUT2D eigenvalue weighted by molar-refractivity contribution is -0.136. The Hall–Kier alpha value is -5.99. The fourth-order valence-electron chi connectivity index (χ4n) is 8.84. The van der Waals surface area contributed by atoms with Crippen LogP contribution in [0.4, 0.5) is 9.59 Å². The predicted octanol–water partition coefficient (Wildman–Crippen LogP) is 6.54. The molecule has 0 bridgehead atoms. The average Bonchev–Trinajstić information content (AvgIpc) is 4.08. The first kappa shape index (κ1) is 37.9. The Morgan fingerprint density at radius 2 is 1.40 bits per heavy atom. The second-order valence-electron chi connectivity index (χ2n) is 15.4. The molecule has 298 valence electrons. The maximum absolute atomic E-state index is 14.1. The number of hydrogen-bond donors (Lipinski definition) is 4. The van der Waals surface area contributed by atoms with Crippen molar-refractivity contribution in [3.8, 4) is 22.5 Å². The number of likely N-dealkylation sites (tertiary alicyclic amines) is 2. The van der Waals surface area contributed by atoms with E-state index in [1.54, 1.807) is 18.0 Å². The smallest absolute Gasteiger partial charge is 0.407 e. The molecule has 3 aromatic heterocycles. The quantitative estimate of drug-likeness (QED) is 0.129. The van der Waals surface area contributed by atoms with E-state index < -0.39 is 24.3 Å². The van der Waals surface area contributed by atoms with E-state index in [4.69, 9.17) is 14.7 Å². The van der Waals surface area contributed by atoms with Crippen LogP contribution in [0.5, 0.6) is 0 Å². The highest BCUT2D eigenvalue weighted by Crippen LogP contribution is 2.36. The summed E-state index contributed by atoms with van der Waals surface area (Å²) in [6, 6.07) is 14.4. The molecule has 15 nitrogen and oxygen atoms in total. The second kappa shape index (κ2) is 16.2. The molecule has 8 rings (SSSR count). The van der Waals surface area contributed by atoms with Crippen LogP contribution in [0.2, 0.25) is 0 Å². The lowest BCUT2D eigenvalue weighted by Crippen LogP contribution is -2.52. The molecule has 4 amide bonds. The van der Waals surface area contributed by atoms with E-state index in [0.29, 0.717) is 18.9 Å². The van der Waals surface area contributed by atoms with Crippen LogP contribution in [0.15, 0.2) is 54.7 Å². The minimum atomic E-state index is -0.715. The van der Waals surface area contributed by atoms with Crippen LogP contribution < -0.4 is 10.6 Å². The molecule has 5 heterocycles. The van der Waals surface area contributed by atoms with E-state index in [2.05, 4.69) is 48.5 Å². The normalized spacial score (nSPS) is 19.8. The van der Waals surface area contributed by atoms with Gasteiger partial charge in [-0.05, 0) is 81.7 Å². The number of benzene rings is 2. The SMILES string of the molecule is COC(=O)NC(C)C(=O)N1CCCC1c1ncc(-c2ccc3nc(-c4ccc5nc(C6CCCN6C(=O)C(NC(=O)OC)C6CCCCC6)[nH]c5c4)ccc3c2)[nH]1. The summed E-state index contributed by atoms with van der Waals surface area (Å²) in [6.45, 7) is 2.85. The number of imidazole rings is 2. The van der Waals surface area contributed by atoms with Crippen molar-refractivity contribution in [3.05, 3.63) is 66.4 Å². The van der Waals surface area contributed by atoms with Gasteiger partial charge in [0.2, 0.25) is 11.8 Å². The fourth-order valence-corrected chi connectivity index (χ4v) is 8.84. The molecular formula is C42H49N9O6. The highest BCUT2D eigenvalue weighted by Gasteiger charge is 2.40. The number of amides is 4. The van der Waals surface area contributed by atoms with E-state index in [0.717, 1.165) is 108 Å². The van der Waals surface area contributed by atoms with Crippen LogP contribution in [0, 0.1) is 5.92 Å². The van der Waals surface area contributed by atoms with Crippen LogP contribution in [-0.4, -0.2) is 98.1 Å². The second-order valence-corrected chi connectivity index (χ2v) is 15.4. The lowest BCUT2D eigenvalue weighted by atomic mass is 9.83. The summed E-state index contributed by atoms with van der Waals surface area (Å²) in [4.78, 5) is 76.4. The molecular weight excluding hydrogens is 727 g/mol. The van der Waals surface area contributed by atoms with Gasteiger partial charge < -0.3 is 39.9 Å². The van der Waals surface area contributed by atoms with Gasteiger partial charge in [-0.1, -0.05) is 37.5 Å². The largest absolute Gasteiger partial charge is 0.453 e. The van der Waals surface area contributed by atoms with Gasteiger partial charge in [-0.3, -0.25) is 9.59 Å². The number of rotatable bonds is 9. The summed E-state index contributed by atoms with van der Waals surface area (Å²) in [7, 11) is 2.60. The van der Waals surface area contributed by atoms with Crippen molar-refractivity contribution in [2.45, 2.75) is 88.9 Å².